The van der Waals surface area contributed by atoms with Crippen molar-refractivity contribution in [2.75, 3.05) is 0 Å². The number of carbonyl (C=O) groups is 2. The van der Waals surface area contributed by atoms with Crippen LogP contribution < -0.4 is 0 Å². The Labute approximate surface area is 119 Å². The molecule has 1 heterocycles. The molecule has 0 aromatic rings. The van der Waals surface area contributed by atoms with Crippen LogP contribution in [0.15, 0.2) is 23.5 Å². The first-order valence-corrected chi connectivity index (χ1v) is 7.19. The molecule has 2 aliphatic rings. The number of Topliss-reactive ketones (excluding diaryl/α,β-unsaturated/α-hetero) is 1. The third-order valence-corrected chi connectivity index (χ3v) is 4.13. The van der Waals surface area contributed by atoms with Crippen molar-refractivity contribution in [2.45, 2.75) is 46.8 Å². The molecule has 110 valence electrons. The van der Waals surface area contributed by atoms with Crippen LogP contribution in [0.1, 0.15) is 40.5 Å². The van der Waals surface area contributed by atoms with E-state index in [0.717, 1.165) is 12.8 Å². The lowest BCUT2D eigenvalue weighted by Crippen LogP contribution is -2.30. The van der Waals surface area contributed by atoms with Crippen molar-refractivity contribution >= 4 is 11.8 Å². The standard InChI is InChI=1S/C16H22O4/c1-9(2)12-6-5-10(3)13(15(12)17)8-19-14-7-11(4)16(18)20-14/h7-10,12,14H,5-6H2,1-4H3/b13-8+/t10-,12+,14?/m1/s1. The molecule has 3 atom stereocenters. The predicted octanol–water partition coefficient (Wildman–Crippen LogP) is 2.99. The molecule has 1 aliphatic heterocycles. The third kappa shape index (κ3) is 2.94. The van der Waals surface area contributed by atoms with E-state index in [1.165, 1.54) is 6.26 Å². The van der Waals surface area contributed by atoms with Gasteiger partial charge in [-0.15, -0.1) is 0 Å². The second-order valence-electron chi connectivity index (χ2n) is 6.03. The second kappa shape index (κ2) is 5.81. The van der Waals surface area contributed by atoms with Crippen LogP contribution in [0.25, 0.3) is 0 Å². The van der Waals surface area contributed by atoms with Crippen molar-refractivity contribution in [1.29, 1.82) is 0 Å². The Morgan fingerprint density at radius 1 is 1.35 bits per heavy atom. The zero-order chi connectivity index (χ0) is 14.9. The predicted molar refractivity (Wildman–Crippen MR) is 74.5 cm³/mol. The highest BCUT2D eigenvalue weighted by Crippen LogP contribution is 2.34. The van der Waals surface area contributed by atoms with Gasteiger partial charge in [-0.25, -0.2) is 4.79 Å². The number of esters is 1. The lowest BCUT2D eigenvalue weighted by molar-refractivity contribution is -0.152. The summed E-state index contributed by atoms with van der Waals surface area (Å²) in [6, 6.07) is 0. The second-order valence-corrected chi connectivity index (χ2v) is 6.03. The van der Waals surface area contributed by atoms with E-state index in [1.54, 1.807) is 13.0 Å². The molecule has 1 aliphatic carbocycles. The van der Waals surface area contributed by atoms with Crippen LogP contribution in [0.5, 0.6) is 0 Å². The fourth-order valence-corrected chi connectivity index (χ4v) is 2.70. The van der Waals surface area contributed by atoms with E-state index in [9.17, 15) is 9.59 Å². The summed E-state index contributed by atoms with van der Waals surface area (Å²) in [4.78, 5) is 23.7. The smallest absolute Gasteiger partial charge is 0.336 e. The van der Waals surface area contributed by atoms with Gasteiger partial charge in [0.2, 0.25) is 0 Å². The fourth-order valence-electron chi connectivity index (χ4n) is 2.70. The van der Waals surface area contributed by atoms with Crippen LogP contribution in [-0.2, 0) is 19.1 Å². The quantitative estimate of drug-likeness (QED) is 0.452. The summed E-state index contributed by atoms with van der Waals surface area (Å²) < 4.78 is 10.4. The summed E-state index contributed by atoms with van der Waals surface area (Å²) in [6.45, 7) is 7.86. The Balaban J connectivity index is 2.07. The van der Waals surface area contributed by atoms with Gasteiger partial charge in [0, 0.05) is 23.1 Å². The molecule has 4 heteroatoms. The van der Waals surface area contributed by atoms with Crippen molar-refractivity contribution in [3.05, 3.63) is 23.5 Å². The summed E-state index contributed by atoms with van der Waals surface area (Å²) in [5, 5.41) is 0. The van der Waals surface area contributed by atoms with Crippen LogP contribution in [0, 0.1) is 17.8 Å². The first-order valence-electron chi connectivity index (χ1n) is 7.19. The molecule has 4 nitrogen and oxygen atoms in total. The van der Waals surface area contributed by atoms with Crippen molar-refractivity contribution in [1.82, 2.24) is 0 Å². The van der Waals surface area contributed by atoms with E-state index < -0.39 is 6.29 Å². The Morgan fingerprint density at radius 3 is 2.60 bits per heavy atom. The van der Waals surface area contributed by atoms with Gasteiger partial charge < -0.3 is 9.47 Å². The van der Waals surface area contributed by atoms with Crippen molar-refractivity contribution < 1.29 is 19.1 Å². The summed E-state index contributed by atoms with van der Waals surface area (Å²) in [7, 11) is 0. The average molecular weight is 278 g/mol. The minimum absolute atomic E-state index is 0.0736. The van der Waals surface area contributed by atoms with Gasteiger partial charge in [-0.1, -0.05) is 20.8 Å². The highest BCUT2D eigenvalue weighted by atomic mass is 16.7. The number of rotatable bonds is 3. The summed E-state index contributed by atoms with van der Waals surface area (Å²) in [6.07, 6.45) is 4.34. The maximum absolute atomic E-state index is 12.4. The van der Waals surface area contributed by atoms with Gasteiger partial charge in [0.05, 0.1) is 6.26 Å². The van der Waals surface area contributed by atoms with Gasteiger partial charge in [0.15, 0.2) is 5.78 Å². The molecule has 0 N–H and O–H groups in total. The van der Waals surface area contributed by atoms with Gasteiger partial charge in [0.25, 0.3) is 6.29 Å². The van der Waals surface area contributed by atoms with Crippen LogP contribution in [0.3, 0.4) is 0 Å². The molecule has 0 spiro atoms. The third-order valence-electron chi connectivity index (χ3n) is 4.13. The van der Waals surface area contributed by atoms with E-state index in [0.29, 0.717) is 17.1 Å². The molecule has 1 fully saturated rings. The van der Waals surface area contributed by atoms with Crippen molar-refractivity contribution in [2.24, 2.45) is 17.8 Å². The zero-order valence-electron chi connectivity index (χ0n) is 12.5. The topological polar surface area (TPSA) is 52.6 Å². The molecule has 0 aromatic heterocycles. The normalized spacial score (nSPS) is 32.5. The summed E-state index contributed by atoms with van der Waals surface area (Å²) in [5.74, 6) is 0.411. The first kappa shape index (κ1) is 14.8. The molecule has 0 saturated heterocycles. The Morgan fingerprint density at radius 2 is 2.05 bits per heavy atom. The van der Waals surface area contributed by atoms with Crippen LogP contribution in [0.2, 0.25) is 0 Å². The maximum Gasteiger partial charge on any atom is 0.336 e. The molecule has 0 radical (unpaired) electrons. The molecule has 1 unspecified atom stereocenters. The van der Waals surface area contributed by atoms with E-state index >= 15 is 0 Å². The van der Waals surface area contributed by atoms with Gasteiger partial charge in [0.1, 0.15) is 0 Å². The Kier molecular flexibility index (Phi) is 4.31. The Bertz CT molecular complexity index is 473. The van der Waals surface area contributed by atoms with Crippen LogP contribution in [0.4, 0.5) is 0 Å². The van der Waals surface area contributed by atoms with Gasteiger partial charge in [-0.05, 0) is 31.6 Å². The molecule has 1 saturated carbocycles. The molecule has 0 bridgehead atoms. The number of ether oxygens (including phenoxy) is 2. The average Bonchev–Trinajstić information content (AvgIpc) is 2.68. The van der Waals surface area contributed by atoms with E-state index in [2.05, 4.69) is 13.8 Å². The number of hydrogen-bond acceptors (Lipinski definition) is 4. The maximum atomic E-state index is 12.4. The number of ketones is 1. The molecule has 20 heavy (non-hydrogen) atoms. The summed E-state index contributed by atoms with van der Waals surface area (Å²) in [5.41, 5.74) is 1.25. The van der Waals surface area contributed by atoms with Crippen molar-refractivity contribution in [3.63, 3.8) is 0 Å². The highest BCUT2D eigenvalue weighted by Gasteiger charge is 2.33. The highest BCUT2D eigenvalue weighted by molar-refractivity contribution is 5.98. The minimum Gasteiger partial charge on any atom is -0.458 e. The van der Waals surface area contributed by atoms with E-state index in [-0.39, 0.29) is 23.6 Å². The SMILES string of the molecule is CC1=CC(O/C=C2/C(=O)[C@H](C(C)C)CC[C@H]2C)OC1=O. The number of carbonyl (C=O) groups excluding carboxylic acids is 2. The molecular weight excluding hydrogens is 256 g/mol. The van der Waals surface area contributed by atoms with Gasteiger partial charge in [-0.2, -0.15) is 0 Å². The lowest BCUT2D eigenvalue weighted by atomic mass is 9.74. The van der Waals surface area contributed by atoms with Gasteiger partial charge >= 0.3 is 5.97 Å². The zero-order valence-corrected chi connectivity index (χ0v) is 12.5. The minimum atomic E-state index is -0.700. The lowest BCUT2D eigenvalue weighted by Gasteiger charge is -2.30. The molecule has 2 rings (SSSR count). The fraction of sp³-hybridized carbons (Fsp3) is 0.625. The summed E-state index contributed by atoms with van der Waals surface area (Å²) >= 11 is 0. The first-order chi connectivity index (χ1) is 9.40. The Hall–Kier alpha value is -1.58. The molecular formula is C16H22O4. The van der Waals surface area contributed by atoms with Crippen LogP contribution in [-0.4, -0.2) is 18.0 Å². The number of cyclic esters (lactones) is 1. The van der Waals surface area contributed by atoms with E-state index in [4.69, 9.17) is 9.47 Å². The number of allylic oxidation sites excluding steroid dienone is 1. The largest absolute Gasteiger partial charge is 0.458 e. The van der Waals surface area contributed by atoms with Crippen molar-refractivity contribution in [3.8, 4) is 0 Å². The van der Waals surface area contributed by atoms with E-state index in [1.807, 2.05) is 6.92 Å². The molecule has 0 amide bonds. The monoisotopic (exact) mass is 278 g/mol. The van der Waals surface area contributed by atoms with Crippen LogP contribution >= 0.6 is 0 Å². The number of hydrogen-bond donors (Lipinski definition) is 0. The molecule has 0 aromatic carbocycles. The van der Waals surface area contributed by atoms with Gasteiger partial charge in [-0.3, -0.25) is 4.79 Å².